The minimum absolute atomic E-state index is 0.0201. The lowest BCUT2D eigenvalue weighted by Gasteiger charge is -2.18. The predicted octanol–water partition coefficient (Wildman–Crippen LogP) is 1.95. The van der Waals surface area contributed by atoms with Crippen LogP contribution in [-0.2, 0) is 10.0 Å². The third kappa shape index (κ3) is 4.13. The second-order valence-corrected chi connectivity index (χ2v) is 7.22. The Morgan fingerprint density at radius 2 is 2.05 bits per heavy atom. The highest BCUT2D eigenvalue weighted by Crippen LogP contribution is 2.30. The van der Waals surface area contributed by atoms with Gasteiger partial charge >= 0.3 is 0 Å². The van der Waals surface area contributed by atoms with Crippen LogP contribution >= 0.6 is 11.6 Å². The molecule has 0 bridgehead atoms. The molecule has 0 aliphatic heterocycles. The van der Waals surface area contributed by atoms with Crippen molar-refractivity contribution in [3.05, 3.63) is 32.8 Å². The van der Waals surface area contributed by atoms with E-state index in [1.165, 1.54) is 20.0 Å². The molecule has 1 atom stereocenters. The zero-order valence-electron chi connectivity index (χ0n) is 11.9. The molecule has 7 nitrogen and oxygen atoms in total. The van der Waals surface area contributed by atoms with E-state index in [1.807, 2.05) is 0 Å². The largest absolute Gasteiger partial charge is 0.393 e. The lowest BCUT2D eigenvalue weighted by molar-refractivity contribution is -0.385. The van der Waals surface area contributed by atoms with E-state index >= 15 is 0 Å². The zero-order chi connectivity index (χ0) is 16.4. The number of benzene rings is 1. The fourth-order valence-electron chi connectivity index (χ4n) is 1.65. The molecule has 1 aromatic carbocycles. The van der Waals surface area contributed by atoms with E-state index in [-0.39, 0.29) is 34.1 Å². The van der Waals surface area contributed by atoms with Crippen LogP contribution in [0.5, 0.6) is 0 Å². The summed E-state index contributed by atoms with van der Waals surface area (Å²) < 4.78 is 25.7. The average molecular weight is 337 g/mol. The van der Waals surface area contributed by atoms with Crippen LogP contribution in [0.15, 0.2) is 17.0 Å². The number of sulfonamides is 1. The number of halogens is 1. The second kappa shape index (κ2) is 6.69. The second-order valence-electron chi connectivity index (χ2n) is 4.77. The third-order valence-corrected chi connectivity index (χ3v) is 5.28. The van der Waals surface area contributed by atoms with Gasteiger partial charge in [-0.3, -0.25) is 10.1 Å². The van der Waals surface area contributed by atoms with E-state index in [9.17, 15) is 23.6 Å². The molecular weight excluding hydrogens is 320 g/mol. The Morgan fingerprint density at radius 3 is 2.52 bits per heavy atom. The highest BCUT2D eigenvalue weighted by atomic mass is 35.5. The van der Waals surface area contributed by atoms with E-state index in [0.717, 1.165) is 10.4 Å². The summed E-state index contributed by atoms with van der Waals surface area (Å²) in [5, 5.41) is 20.2. The first-order chi connectivity index (χ1) is 9.57. The summed E-state index contributed by atoms with van der Waals surface area (Å²) in [6, 6.07) is 2.19. The number of rotatable bonds is 6. The number of nitrogens with zero attached hydrogens (tertiary/aromatic N) is 2. The van der Waals surface area contributed by atoms with Crippen LogP contribution in [0.1, 0.15) is 18.9 Å². The van der Waals surface area contributed by atoms with E-state index in [4.69, 9.17) is 11.6 Å². The van der Waals surface area contributed by atoms with E-state index in [0.29, 0.717) is 0 Å². The molecule has 0 aliphatic rings. The first-order valence-corrected chi connectivity index (χ1v) is 7.98. The van der Waals surface area contributed by atoms with Crippen molar-refractivity contribution in [3.8, 4) is 0 Å². The molecule has 118 valence electrons. The molecule has 0 spiro atoms. The summed E-state index contributed by atoms with van der Waals surface area (Å²) >= 11 is 5.87. The number of nitro groups is 1. The van der Waals surface area contributed by atoms with Crippen molar-refractivity contribution in [3.63, 3.8) is 0 Å². The topological polar surface area (TPSA) is 101 Å². The van der Waals surface area contributed by atoms with Gasteiger partial charge in [0.15, 0.2) is 0 Å². The Kier molecular flexibility index (Phi) is 5.68. The average Bonchev–Trinajstić information content (AvgIpc) is 2.38. The van der Waals surface area contributed by atoms with Crippen LogP contribution in [0.25, 0.3) is 0 Å². The maximum Gasteiger partial charge on any atom is 0.275 e. The fourth-order valence-corrected chi connectivity index (χ4v) is 3.16. The van der Waals surface area contributed by atoms with E-state index in [2.05, 4.69) is 0 Å². The normalized spacial score (nSPS) is 13.4. The summed E-state index contributed by atoms with van der Waals surface area (Å²) in [4.78, 5) is 10.0. The Morgan fingerprint density at radius 1 is 1.48 bits per heavy atom. The van der Waals surface area contributed by atoms with E-state index < -0.39 is 21.1 Å². The molecule has 0 fully saturated rings. The van der Waals surface area contributed by atoms with Crippen molar-refractivity contribution in [1.82, 2.24) is 4.31 Å². The van der Waals surface area contributed by atoms with Gasteiger partial charge in [-0.05, 0) is 26.3 Å². The van der Waals surface area contributed by atoms with Crippen molar-refractivity contribution in [1.29, 1.82) is 0 Å². The van der Waals surface area contributed by atoms with Gasteiger partial charge in [0.2, 0.25) is 10.0 Å². The Labute approximate surface area is 128 Å². The molecule has 0 amide bonds. The molecule has 0 aliphatic carbocycles. The Bertz CT molecular complexity index is 645. The van der Waals surface area contributed by atoms with Crippen molar-refractivity contribution in [2.24, 2.45) is 0 Å². The van der Waals surface area contributed by atoms with Crippen LogP contribution in [0.2, 0.25) is 5.02 Å². The summed E-state index contributed by atoms with van der Waals surface area (Å²) in [5.41, 5.74) is -0.128. The van der Waals surface area contributed by atoms with Crippen molar-refractivity contribution >= 4 is 27.3 Å². The van der Waals surface area contributed by atoms with Crippen LogP contribution in [0, 0.1) is 17.0 Å². The monoisotopic (exact) mass is 336 g/mol. The number of nitro benzene ring substituents is 1. The molecular formula is C12H17ClN2O5S. The minimum atomic E-state index is -3.90. The predicted molar refractivity (Wildman–Crippen MR) is 79.0 cm³/mol. The summed E-state index contributed by atoms with van der Waals surface area (Å²) in [6.45, 7) is 3.10. The zero-order valence-corrected chi connectivity index (χ0v) is 13.5. The molecule has 1 unspecified atom stereocenters. The maximum absolute atomic E-state index is 12.3. The highest BCUT2D eigenvalue weighted by molar-refractivity contribution is 7.89. The smallest absolute Gasteiger partial charge is 0.275 e. The first-order valence-electron chi connectivity index (χ1n) is 6.16. The molecule has 1 aromatic rings. The van der Waals surface area contributed by atoms with Gasteiger partial charge in [0.1, 0.15) is 0 Å². The number of aliphatic hydroxyl groups is 1. The molecule has 9 heteroatoms. The van der Waals surface area contributed by atoms with Crippen LogP contribution < -0.4 is 0 Å². The molecule has 21 heavy (non-hydrogen) atoms. The molecule has 0 heterocycles. The first kappa shape index (κ1) is 17.8. The fraction of sp³-hybridized carbons (Fsp3) is 0.500. The van der Waals surface area contributed by atoms with Crippen LogP contribution in [-0.4, -0.2) is 42.4 Å². The van der Waals surface area contributed by atoms with Gasteiger partial charge in [-0.25, -0.2) is 12.7 Å². The Hall–Kier alpha value is -1.22. The van der Waals surface area contributed by atoms with E-state index in [1.54, 1.807) is 6.92 Å². The SMILES string of the molecule is Cc1c(Cl)cc(S(=O)(=O)N(C)CCC(C)O)cc1[N+](=O)[O-]. The molecule has 1 N–H and O–H groups in total. The van der Waals surface area contributed by atoms with Crippen molar-refractivity contribution in [2.45, 2.75) is 31.3 Å². The highest BCUT2D eigenvalue weighted by Gasteiger charge is 2.26. The van der Waals surface area contributed by atoms with Crippen molar-refractivity contribution < 1.29 is 18.4 Å². The van der Waals surface area contributed by atoms with Gasteiger partial charge in [0, 0.05) is 25.2 Å². The standard InChI is InChI=1S/C12H17ClN2O5S/c1-8(16)4-5-14(3)21(19,20)10-6-11(13)9(2)12(7-10)15(17)18/h6-8,16H,4-5H2,1-3H3. The molecule has 0 aromatic heterocycles. The van der Waals surface area contributed by atoms with Gasteiger partial charge in [-0.2, -0.15) is 0 Å². The number of hydrogen-bond acceptors (Lipinski definition) is 5. The van der Waals surface area contributed by atoms with Crippen molar-refractivity contribution in [2.75, 3.05) is 13.6 Å². The summed E-state index contributed by atoms with van der Waals surface area (Å²) in [6.07, 6.45) is -0.379. The lowest BCUT2D eigenvalue weighted by Crippen LogP contribution is -2.29. The molecule has 0 radical (unpaired) electrons. The van der Waals surface area contributed by atoms with Gasteiger partial charge in [0.05, 0.1) is 20.9 Å². The van der Waals surface area contributed by atoms with Crippen LogP contribution in [0.4, 0.5) is 5.69 Å². The minimum Gasteiger partial charge on any atom is -0.393 e. The van der Waals surface area contributed by atoms with Crippen LogP contribution in [0.3, 0.4) is 0 Å². The summed E-state index contributed by atoms with van der Waals surface area (Å²) in [5.74, 6) is 0. The molecule has 1 rings (SSSR count). The lowest BCUT2D eigenvalue weighted by atomic mass is 10.2. The van der Waals surface area contributed by atoms with Gasteiger partial charge in [-0.1, -0.05) is 11.6 Å². The molecule has 0 saturated heterocycles. The number of hydrogen-bond donors (Lipinski definition) is 1. The van der Waals surface area contributed by atoms with Gasteiger partial charge in [0.25, 0.3) is 5.69 Å². The molecule has 0 saturated carbocycles. The third-order valence-electron chi connectivity index (χ3n) is 3.06. The summed E-state index contributed by atoms with van der Waals surface area (Å²) in [7, 11) is -2.55. The quantitative estimate of drug-likeness (QED) is 0.632. The Balaban J connectivity index is 3.23. The van der Waals surface area contributed by atoms with Gasteiger partial charge < -0.3 is 5.11 Å². The number of aliphatic hydroxyl groups excluding tert-OH is 1. The van der Waals surface area contributed by atoms with Gasteiger partial charge in [-0.15, -0.1) is 0 Å². The maximum atomic E-state index is 12.3.